The van der Waals surface area contributed by atoms with Gasteiger partial charge < -0.3 is 29.3 Å². The summed E-state index contributed by atoms with van der Waals surface area (Å²) in [5.41, 5.74) is 3.03. The number of nitrogens with one attached hydrogen (secondary N) is 1. The predicted octanol–water partition coefficient (Wildman–Crippen LogP) is 7.45. The number of piperidine rings is 1. The molecule has 5 rings (SSSR count). The van der Waals surface area contributed by atoms with Gasteiger partial charge in [-0.15, -0.1) is 0 Å². The molecule has 1 aromatic heterocycles. The van der Waals surface area contributed by atoms with E-state index in [4.69, 9.17) is 14.2 Å². The lowest BCUT2D eigenvalue weighted by molar-refractivity contribution is -0.130. The van der Waals surface area contributed by atoms with Crippen LogP contribution in [0.2, 0.25) is 0 Å². The van der Waals surface area contributed by atoms with Crippen molar-refractivity contribution in [2.75, 3.05) is 57.2 Å². The number of aryl methyl sites for hydroxylation is 2. The third kappa shape index (κ3) is 9.31. The van der Waals surface area contributed by atoms with Gasteiger partial charge in [-0.05, 0) is 95.1 Å². The number of para-hydroxylation sites is 1. The molecule has 11 nitrogen and oxygen atoms in total. The van der Waals surface area contributed by atoms with Crippen molar-refractivity contribution in [3.8, 4) is 17.2 Å². The topological polar surface area (TPSA) is 109 Å². The molecule has 0 spiro atoms. The van der Waals surface area contributed by atoms with Crippen LogP contribution in [0.3, 0.4) is 0 Å². The quantitative estimate of drug-likeness (QED) is 0.152. The predicted molar refractivity (Wildman–Crippen MR) is 196 cm³/mol. The van der Waals surface area contributed by atoms with Crippen LogP contribution in [0.5, 0.6) is 17.2 Å². The molecule has 1 saturated heterocycles. The number of likely N-dealkylation sites (tertiary alicyclic amines) is 1. The van der Waals surface area contributed by atoms with E-state index < -0.39 is 11.9 Å². The summed E-state index contributed by atoms with van der Waals surface area (Å²) in [5.74, 6) is 1.06. The largest absolute Gasteiger partial charge is 0.495 e. The number of aromatic nitrogens is 2. The molecule has 3 aromatic carbocycles. The van der Waals surface area contributed by atoms with Crippen LogP contribution in [0.25, 0.3) is 0 Å². The minimum Gasteiger partial charge on any atom is -0.495 e. The summed E-state index contributed by atoms with van der Waals surface area (Å²) in [6.07, 6.45) is 3.08. The summed E-state index contributed by atoms with van der Waals surface area (Å²) in [4.78, 5) is 41.2. The third-order valence-electron chi connectivity index (χ3n) is 8.99. The molecule has 1 atom stereocenters. The average Bonchev–Trinajstić information content (AvgIpc) is 3.11. The summed E-state index contributed by atoms with van der Waals surface area (Å²) in [6.45, 7) is 11.3. The maximum absolute atomic E-state index is 15.1. The van der Waals surface area contributed by atoms with Crippen LogP contribution < -0.4 is 24.4 Å². The fourth-order valence-corrected chi connectivity index (χ4v) is 6.26. The van der Waals surface area contributed by atoms with E-state index in [0.717, 1.165) is 42.6 Å². The fourth-order valence-electron chi connectivity index (χ4n) is 6.26. The highest BCUT2D eigenvalue weighted by atomic mass is 19.1. The van der Waals surface area contributed by atoms with Gasteiger partial charge in [0.2, 0.25) is 11.9 Å². The SMILES string of the molecule is CCN(CC)C(=O)Cc1ccc(N(C(=O)Oc2c(C)cccc2C)c2ccnc(Nc3ccc(OCC4CCCN(C)C4)c(F)c3)n2)c(OC)c1. The van der Waals surface area contributed by atoms with Gasteiger partial charge in [0, 0.05) is 49.6 Å². The van der Waals surface area contributed by atoms with Gasteiger partial charge in [0.15, 0.2) is 11.6 Å². The lowest BCUT2D eigenvalue weighted by Gasteiger charge is -2.29. The second kappa shape index (κ2) is 17.1. The number of anilines is 4. The van der Waals surface area contributed by atoms with Gasteiger partial charge in [-0.1, -0.05) is 24.3 Å². The van der Waals surface area contributed by atoms with E-state index in [0.29, 0.717) is 48.5 Å². The van der Waals surface area contributed by atoms with Crippen molar-refractivity contribution >= 4 is 35.1 Å². The van der Waals surface area contributed by atoms with Crippen molar-refractivity contribution in [2.45, 2.75) is 47.0 Å². The third-order valence-corrected chi connectivity index (χ3v) is 8.99. The Morgan fingerprint density at radius 1 is 1.02 bits per heavy atom. The molecular formula is C39H47FN6O5. The number of likely N-dealkylation sites (N-methyl/N-ethyl adjacent to an activating group) is 1. The summed E-state index contributed by atoms with van der Waals surface area (Å²) < 4.78 is 32.7. The molecule has 12 heteroatoms. The van der Waals surface area contributed by atoms with Gasteiger partial charge in [0.05, 0.1) is 25.8 Å². The number of hydrogen-bond donors (Lipinski definition) is 1. The molecule has 1 aliphatic heterocycles. The highest BCUT2D eigenvalue weighted by Gasteiger charge is 2.27. The first-order chi connectivity index (χ1) is 24.6. The number of methoxy groups -OCH3 is 1. The maximum Gasteiger partial charge on any atom is 0.425 e. The van der Waals surface area contributed by atoms with Gasteiger partial charge in [-0.25, -0.2) is 19.1 Å². The van der Waals surface area contributed by atoms with E-state index in [9.17, 15) is 9.59 Å². The molecule has 51 heavy (non-hydrogen) atoms. The number of carbonyl (C=O) groups is 2. The van der Waals surface area contributed by atoms with E-state index in [1.165, 1.54) is 24.3 Å². The Bertz CT molecular complexity index is 1810. The molecule has 2 amide bonds. The number of ether oxygens (including phenoxy) is 3. The minimum absolute atomic E-state index is 0.0132. The lowest BCUT2D eigenvalue weighted by Crippen LogP contribution is -2.34. The Kier molecular flexibility index (Phi) is 12.4. The molecule has 1 aliphatic rings. The van der Waals surface area contributed by atoms with Gasteiger partial charge in [0.1, 0.15) is 17.3 Å². The Morgan fingerprint density at radius 3 is 2.47 bits per heavy atom. The second-order valence-corrected chi connectivity index (χ2v) is 12.8. The van der Waals surface area contributed by atoms with E-state index in [2.05, 4.69) is 27.2 Å². The fraction of sp³-hybridized carbons (Fsp3) is 0.385. The van der Waals surface area contributed by atoms with E-state index in [1.54, 1.807) is 41.3 Å². The van der Waals surface area contributed by atoms with Crippen molar-refractivity contribution in [1.82, 2.24) is 19.8 Å². The van der Waals surface area contributed by atoms with Crippen molar-refractivity contribution in [3.05, 3.63) is 89.4 Å². The Labute approximate surface area is 299 Å². The second-order valence-electron chi connectivity index (χ2n) is 12.8. The van der Waals surface area contributed by atoms with Gasteiger partial charge in [-0.3, -0.25) is 4.79 Å². The van der Waals surface area contributed by atoms with E-state index >= 15 is 4.39 Å². The molecule has 0 radical (unpaired) electrons. The zero-order chi connectivity index (χ0) is 36.5. The van der Waals surface area contributed by atoms with Crippen molar-refractivity contribution < 1.29 is 28.2 Å². The normalized spacial score (nSPS) is 14.5. The minimum atomic E-state index is -0.737. The van der Waals surface area contributed by atoms with Crippen molar-refractivity contribution in [1.29, 1.82) is 0 Å². The Balaban J connectivity index is 1.42. The number of hydrogen-bond acceptors (Lipinski definition) is 9. The first kappa shape index (κ1) is 37.0. The summed E-state index contributed by atoms with van der Waals surface area (Å²) in [6, 6.07) is 17.0. The van der Waals surface area contributed by atoms with Crippen LogP contribution in [-0.4, -0.2) is 78.7 Å². The van der Waals surface area contributed by atoms with Crippen LogP contribution in [0.4, 0.5) is 32.3 Å². The van der Waals surface area contributed by atoms with Crippen LogP contribution in [-0.2, 0) is 11.2 Å². The lowest BCUT2D eigenvalue weighted by atomic mass is 10.00. The van der Waals surface area contributed by atoms with Crippen LogP contribution in [0.1, 0.15) is 43.4 Å². The zero-order valence-electron chi connectivity index (χ0n) is 30.2. The number of nitrogens with zero attached hydrogens (tertiary/aromatic N) is 5. The number of rotatable bonds is 13. The van der Waals surface area contributed by atoms with Crippen LogP contribution >= 0.6 is 0 Å². The first-order valence-electron chi connectivity index (χ1n) is 17.3. The molecule has 1 N–H and O–H groups in total. The monoisotopic (exact) mass is 698 g/mol. The van der Waals surface area contributed by atoms with Gasteiger partial charge >= 0.3 is 6.09 Å². The molecule has 0 bridgehead atoms. The molecule has 270 valence electrons. The van der Waals surface area contributed by atoms with Gasteiger partial charge in [0.25, 0.3) is 0 Å². The number of benzene rings is 3. The molecular weight excluding hydrogens is 651 g/mol. The molecule has 0 aliphatic carbocycles. The molecule has 0 saturated carbocycles. The van der Waals surface area contributed by atoms with E-state index in [1.807, 2.05) is 45.9 Å². The smallest absolute Gasteiger partial charge is 0.425 e. The standard InChI is InChI=1S/C39H47FN6O5/c1-7-45(8-2)36(47)22-28-14-16-32(34(21-28)49-6)46(39(48)51-37-26(3)11-9-12-27(37)4)35-18-19-41-38(43-35)42-30-15-17-33(31(40)23-30)50-25-29-13-10-20-44(5)24-29/h9,11-12,14-19,21,23,29H,7-8,10,13,20,22,24-25H2,1-6H3,(H,41,42,43). The highest BCUT2D eigenvalue weighted by Crippen LogP contribution is 2.36. The van der Waals surface area contributed by atoms with Gasteiger partial charge in [-0.2, -0.15) is 4.98 Å². The maximum atomic E-state index is 15.1. The summed E-state index contributed by atoms with van der Waals surface area (Å²) >= 11 is 0. The molecule has 4 aromatic rings. The van der Waals surface area contributed by atoms with Crippen molar-refractivity contribution in [2.24, 2.45) is 5.92 Å². The average molecular weight is 699 g/mol. The van der Waals surface area contributed by atoms with Crippen LogP contribution in [0, 0.1) is 25.6 Å². The van der Waals surface area contributed by atoms with E-state index in [-0.39, 0.29) is 29.8 Å². The number of carbonyl (C=O) groups excluding carboxylic acids is 2. The molecule has 1 unspecified atom stereocenters. The first-order valence-corrected chi connectivity index (χ1v) is 17.3. The number of amides is 2. The van der Waals surface area contributed by atoms with Crippen molar-refractivity contribution in [3.63, 3.8) is 0 Å². The molecule has 1 fully saturated rings. The summed E-state index contributed by atoms with van der Waals surface area (Å²) in [5, 5.41) is 3.04. The Morgan fingerprint density at radius 2 is 1.78 bits per heavy atom. The highest BCUT2D eigenvalue weighted by molar-refractivity contribution is 5.98. The number of halogens is 1. The zero-order valence-corrected chi connectivity index (χ0v) is 30.2. The summed E-state index contributed by atoms with van der Waals surface area (Å²) in [7, 11) is 3.58. The van der Waals surface area contributed by atoms with Crippen LogP contribution in [0.15, 0.2) is 66.9 Å². The molecule has 2 heterocycles. The Hall–Kier alpha value is -5.23.